The summed E-state index contributed by atoms with van der Waals surface area (Å²) in [6, 6.07) is 7.78. The quantitative estimate of drug-likeness (QED) is 0.908. The maximum atomic E-state index is 13.9. The molecule has 0 bridgehead atoms. The second-order valence-electron chi connectivity index (χ2n) is 6.70. The third-order valence-corrected chi connectivity index (χ3v) is 5.04. The third kappa shape index (κ3) is 2.89. The van der Waals surface area contributed by atoms with Crippen LogP contribution in [-0.2, 0) is 6.54 Å². The third-order valence-electron chi connectivity index (χ3n) is 5.04. The fraction of sp³-hybridized carbons (Fsp3) is 0.647. The summed E-state index contributed by atoms with van der Waals surface area (Å²) in [6.07, 6.45) is 3.78. The van der Waals surface area contributed by atoms with Crippen LogP contribution in [0.5, 0.6) is 0 Å². The predicted octanol–water partition coefficient (Wildman–Crippen LogP) is 3.18. The Morgan fingerprint density at radius 1 is 1.35 bits per heavy atom. The fourth-order valence-electron chi connectivity index (χ4n) is 3.30. The fourth-order valence-corrected chi connectivity index (χ4v) is 3.30. The van der Waals surface area contributed by atoms with E-state index < -0.39 is 0 Å². The van der Waals surface area contributed by atoms with Gasteiger partial charge in [0, 0.05) is 36.8 Å². The second-order valence-corrected chi connectivity index (χ2v) is 6.70. The smallest absolute Gasteiger partial charge is 0.127 e. The van der Waals surface area contributed by atoms with E-state index in [1.165, 1.54) is 12.8 Å². The van der Waals surface area contributed by atoms with Gasteiger partial charge in [-0.25, -0.2) is 4.39 Å². The maximum Gasteiger partial charge on any atom is 0.127 e. The van der Waals surface area contributed by atoms with Crippen LogP contribution in [0, 0.1) is 11.7 Å². The lowest BCUT2D eigenvalue weighted by Crippen LogP contribution is -2.62. The van der Waals surface area contributed by atoms with Crippen LogP contribution in [0.2, 0.25) is 0 Å². The molecule has 0 radical (unpaired) electrons. The number of halogens is 1. The van der Waals surface area contributed by atoms with Gasteiger partial charge in [-0.05, 0) is 38.2 Å². The van der Waals surface area contributed by atoms with Gasteiger partial charge in [0.15, 0.2) is 0 Å². The van der Waals surface area contributed by atoms with Crippen molar-refractivity contribution in [3.05, 3.63) is 35.6 Å². The molecule has 1 aromatic rings. The zero-order valence-electron chi connectivity index (χ0n) is 12.5. The molecule has 2 nitrogen and oxygen atoms in total. The van der Waals surface area contributed by atoms with Gasteiger partial charge >= 0.3 is 0 Å². The molecule has 2 unspecified atom stereocenters. The molecule has 110 valence electrons. The van der Waals surface area contributed by atoms with E-state index >= 15 is 0 Å². The molecule has 0 spiro atoms. The summed E-state index contributed by atoms with van der Waals surface area (Å²) in [6.45, 7) is 7.31. The number of nitrogens with zero attached hydrogens (tertiary/aromatic N) is 1. The Morgan fingerprint density at radius 3 is 2.75 bits per heavy atom. The van der Waals surface area contributed by atoms with Crippen molar-refractivity contribution < 1.29 is 4.39 Å². The van der Waals surface area contributed by atoms with Gasteiger partial charge in [0.05, 0.1) is 0 Å². The first-order valence-corrected chi connectivity index (χ1v) is 7.84. The van der Waals surface area contributed by atoms with Gasteiger partial charge in [0.2, 0.25) is 0 Å². The molecule has 0 aromatic heterocycles. The van der Waals surface area contributed by atoms with E-state index in [-0.39, 0.29) is 11.4 Å². The molecule has 20 heavy (non-hydrogen) atoms. The number of hydrogen-bond donors (Lipinski definition) is 1. The Morgan fingerprint density at radius 2 is 2.10 bits per heavy atom. The molecule has 3 heteroatoms. The molecule has 1 aliphatic carbocycles. The van der Waals surface area contributed by atoms with Crippen LogP contribution in [-0.4, -0.2) is 29.6 Å². The van der Waals surface area contributed by atoms with Gasteiger partial charge in [-0.1, -0.05) is 25.1 Å². The summed E-state index contributed by atoms with van der Waals surface area (Å²) >= 11 is 0. The highest BCUT2D eigenvalue weighted by Crippen LogP contribution is 2.38. The summed E-state index contributed by atoms with van der Waals surface area (Å²) in [4.78, 5) is 2.51. The molecule has 2 fully saturated rings. The average molecular weight is 276 g/mol. The number of benzene rings is 1. The average Bonchev–Trinajstić information content (AvgIpc) is 3.26. The van der Waals surface area contributed by atoms with E-state index in [0.29, 0.717) is 6.04 Å². The predicted molar refractivity (Wildman–Crippen MR) is 80.0 cm³/mol. The maximum absolute atomic E-state index is 13.9. The van der Waals surface area contributed by atoms with Crippen LogP contribution in [0.25, 0.3) is 0 Å². The van der Waals surface area contributed by atoms with Crippen molar-refractivity contribution in [3.8, 4) is 0 Å². The molecular weight excluding hydrogens is 251 g/mol. The Balaban J connectivity index is 1.77. The molecule has 0 amide bonds. The summed E-state index contributed by atoms with van der Waals surface area (Å²) in [5, 5.41) is 3.71. The monoisotopic (exact) mass is 276 g/mol. The molecule has 2 atom stereocenters. The lowest BCUT2D eigenvalue weighted by atomic mass is 9.91. The topological polar surface area (TPSA) is 15.3 Å². The molecule has 1 N–H and O–H groups in total. The first-order valence-electron chi connectivity index (χ1n) is 7.84. The summed E-state index contributed by atoms with van der Waals surface area (Å²) < 4.78 is 13.9. The zero-order chi connectivity index (χ0) is 14.2. The lowest BCUT2D eigenvalue weighted by molar-refractivity contribution is 0.0653. The normalized spacial score (nSPS) is 31.4. The standard InChI is InChI=1S/C17H25FN2/c1-3-17(2)12-20(16(10-19-17)13-8-9-13)11-14-6-4-5-7-15(14)18/h4-7,13,16,19H,3,8-12H2,1-2H3. The van der Waals surface area contributed by atoms with Crippen LogP contribution in [0.4, 0.5) is 4.39 Å². The van der Waals surface area contributed by atoms with Gasteiger partial charge in [0.25, 0.3) is 0 Å². The van der Waals surface area contributed by atoms with E-state index in [1.54, 1.807) is 12.1 Å². The van der Waals surface area contributed by atoms with Crippen LogP contribution < -0.4 is 5.32 Å². The number of nitrogens with one attached hydrogen (secondary N) is 1. The zero-order valence-corrected chi connectivity index (χ0v) is 12.5. The Bertz CT molecular complexity index is 472. The van der Waals surface area contributed by atoms with Crippen molar-refractivity contribution in [2.45, 2.75) is 51.2 Å². The summed E-state index contributed by atoms with van der Waals surface area (Å²) in [7, 11) is 0. The molecule has 1 aromatic carbocycles. The van der Waals surface area contributed by atoms with Crippen molar-refractivity contribution in [2.75, 3.05) is 13.1 Å². The highest BCUT2D eigenvalue weighted by Gasteiger charge is 2.41. The number of rotatable bonds is 4. The van der Waals surface area contributed by atoms with Gasteiger partial charge < -0.3 is 5.32 Å². The van der Waals surface area contributed by atoms with E-state index in [1.807, 2.05) is 12.1 Å². The minimum atomic E-state index is -0.0706. The molecule has 1 aliphatic heterocycles. The van der Waals surface area contributed by atoms with E-state index in [2.05, 4.69) is 24.1 Å². The minimum absolute atomic E-state index is 0.0706. The van der Waals surface area contributed by atoms with Crippen molar-refractivity contribution >= 4 is 0 Å². The van der Waals surface area contributed by atoms with Gasteiger partial charge in [-0.2, -0.15) is 0 Å². The highest BCUT2D eigenvalue weighted by molar-refractivity contribution is 5.18. The van der Waals surface area contributed by atoms with Gasteiger partial charge in [-0.15, -0.1) is 0 Å². The molecule has 3 rings (SSSR count). The molecule has 2 aliphatic rings. The van der Waals surface area contributed by atoms with E-state index in [9.17, 15) is 4.39 Å². The lowest BCUT2D eigenvalue weighted by Gasteiger charge is -2.46. The van der Waals surface area contributed by atoms with Crippen LogP contribution in [0.15, 0.2) is 24.3 Å². The van der Waals surface area contributed by atoms with E-state index in [0.717, 1.165) is 37.5 Å². The van der Waals surface area contributed by atoms with Crippen molar-refractivity contribution in [1.82, 2.24) is 10.2 Å². The van der Waals surface area contributed by atoms with Crippen LogP contribution in [0.1, 0.15) is 38.7 Å². The number of piperazine rings is 1. The highest BCUT2D eigenvalue weighted by atomic mass is 19.1. The number of hydrogen-bond acceptors (Lipinski definition) is 2. The largest absolute Gasteiger partial charge is 0.309 e. The van der Waals surface area contributed by atoms with Crippen molar-refractivity contribution in [3.63, 3.8) is 0 Å². The summed E-state index contributed by atoms with van der Waals surface area (Å²) in [5.41, 5.74) is 0.995. The van der Waals surface area contributed by atoms with Gasteiger partial charge in [0.1, 0.15) is 5.82 Å². The van der Waals surface area contributed by atoms with Crippen molar-refractivity contribution in [1.29, 1.82) is 0 Å². The molecule has 1 saturated carbocycles. The molecular formula is C17H25FN2. The summed E-state index contributed by atoms with van der Waals surface area (Å²) in [5.74, 6) is 0.745. The minimum Gasteiger partial charge on any atom is -0.309 e. The molecule has 1 saturated heterocycles. The first-order chi connectivity index (χ1) is 9.61. The Hall–Kier alpha value is -0.930. The Kier molecular flexibility index (Phi) is 3.83. The van der Waals surface area contributed by atoms with Crippen molar-refractivity contribution in [2.24, 2.45) is 5.92 Å². The van der Waals surface area contributed by atoms with Gasteiger partial charge in [-0.3, -0.25) is 4.90 Å². The SMILES string of the molecule is CCC1(C)CN(Cc2ccccc2F)C(C2CC2)CN1. The second kappa shape index (κ2) is 5.45. The molecule has 1 heterocycles. The first kappa shape index (κ1) is 14.0. The Labute approximate surface area is 121 Å². The van der Waals surface area contributed by atoms with Crippen LogP contribution in [0.3, 0.4) is 0 Å². The van der Waals surface area contributed by atoms with Crippen LogP contribution >= 0.6 is 0 Å². The van der Waals surface area contributed by atoms with E-state index in [4.69, 9.17) is 0 Å².